The second kappa shape index (κ2) is 5.53. The second-order valence-electron chi connectivity index (χ2n) is 5.05. The van der Waals surface area contributed by atoms with Crippen molar-refractivity contribution < 1.29 is 8.78 Å². The average molecular weight is 284 g/mol. The van der Waals surface area contributed by atoms with Gasteiger partial charge < -0.3 is 4.90 Å². The highest BCUT2D eigenvalue weighted by Gasteiger charge is 2.37. The molecule has 0 amide bonds. The molecule has 0 radical (unpaired) electrons. The highest BCUT2D eigenvalue weighted by Crippen LogP contribution is 2.30. The average Bonchev–Trinajstić information content (AvgIpc) is 2.90. The number of benzene rings is 1. The Labute approximate surface area is 122 Å². The summed E-state index contributed by atoms with van der Waals surface area (Å²) in [6, 6.07) is 11.7. The first-order valence-electron chi connectivity index (χ1n) is 6.79. The molecule has 2 nitrogen and oxygen atoms in total. The Morgan fingerprint density at radius 1 is 1.14 bits per heavy atom. The van der Waals surface area contributed by atoms with Crippen LogP contribution in [0, 0.1) is 17.7 Å². The van der Waals surface area contributed by atoms with Crippen molar-refractivity contribution in [2.24, 2.45) is 0 Å². The maximum atomic E-state index is 14.7. The number of alkyl halides is 1. The first kappa shape index (κ1) is 13.6. The molecule has 106 valence electrons. The Bertz CT molecular complexity index is 691. The lowest BCUT2D eigenvalue weighted by Crippen LogP contribution is -2.28. The van der Waals surface area contributed by atoms with Crippen LogP contribution >= 0.6 is 0 Å². The van der Waals surface area contributed by atoms with E-state index in [4.69, 9.17) is 0 Å². The van der Waals surface area contributed by atoms with Crippen molar-refractivity contribution in [1.82, 2.24) is 4.98 Å². The molecular formula is C17H14F2N2. The summed E-state index contributed by atoms with van der Waals surface area (Å²) in [5.41, 5.74) is -0.657. The fourth-order valence-corrected chi connectivity index (χ4v) is 2.40. The smallest absolute Gasteiger partial charge is 0.190 e. The van der Waals surface area contributed by atoms with Crippen LogP contribution in [0.25, 0.3) is 0 Å². The summed E-state index contributed by atoms with van der Waals surface area (Å²) in [7, 11) is 0. The Kier molecular flexibility index (Phi) is 3.57. The molecule has 1 atom stereocenters. The number of aromatic nitrogens is 1. The van der Waals surface area contributed by atoms with E-state index in [0.717, 1.165) is 0 Å². The van der Waals surface area contributed by atoms with Crippen molar-refractivity contribution in [1.29, 1.82) is 0 Å². The number of hydrogen-bond acceptors (Lipinski definition) is 2. The van der Waals surface area contributed by atoms with Gasteiger partial charge in [0.05, 0.1) is 12.2 Å². The van der Waals surface area contributed by atoms with Gasteiger partial charge in [0.15, 0.2) is 5.67 Å². The molecule has 1 unspecified atom stereocenters. The zero-order chi connectivity index (χ0) is 14.7. The summed E-state index contributed by atoms with van der Waals surface area (Å²) in [5, 5.41) is 0. The van der Waals surface area contributed by atoms with Gasteiger partial charge in [0.2, 0.25) is 0 Å². The highest BCUT2D eigenvalue weighted by atomic mass is 19.1. The number of hydrogen-bond donors (Lipinski definition) is 0. The van der Waals surface area contributed by atoms with E-state index in [1.807, 2.05) is 6.07 Å². The van der Waals surface area contributed by atoms with Crippen LogP contribution in [0.1, 0.15) is 12.1 Å². The number of rotatable bonds is 1. The van der Waals surface area contributed by atoms with Gasteiger partial charge in [-0.1, -0.05) is 24.1 Å². The molecule has 21 heavy (non-hydrogen) atoms. The van der Waals surface area contributed by atoms with Crippen molar-refractivity contribution in [3.8, 4) is 11.8 Å². The molecule has 2 heterocycles. The van der Waals surface area contributed by atoms with Gasteiger partial charge in [0.1, 0.15) is 11.5 Å². The predicted molar refractivity (Wildman–Crippen MR) is 78.2 cm³/mol. The van der Waals surface area contributed by atoms with Gasteiger partial charge in [-0.05, 0) is 30.2 Å². The van der Waals surface area contributed by atoms with Crippen LogP contribution in [0.2, 0.25) is 0 Å². The highest BCUT2D eigenvalue weighted by molar-refractivity contribution is 5.50. The molecule has 0 N–H and O–H groups in total. The van der Waals surface area contributed by atoms with Crippen molar-refractivity contribution in [3.63, 3.8) is 0 Å². The predicted octanol–water partition coefficient (Wildman–Crippen LogP) is 3.19. The van der Waals surface area contributed by atoms with Gasteiger partial charge in [-0.25, -0.2) is 13.8 Å². The second-order valence-corrected chi connectivity index (χ2v) is 5.05. The molecule has 1 aromatic heterocycles. The first-order valence-corrected chi connectivity index (χ1v) is 6.79. The molecule has 2 aromatic rings. The minimum atomic E-state index is -1.63. The van der Waals surface area contributed by atoms with Gasteiger partial charge >= 0.3 is 0 Å². The molecule has 1 saturated heterocycles. The maximum absolute atomic E-state index is 14.7. The van der Waals surface area contributed by atoms with Crippen molar-refractivity contribution >= 4 is 5.69 Å². The number of pyridine rings is 1. The topological polar surface area (TPSA) is 16.1 Å². The fraction of sp³-hybridized carbons (Fsp3) is 0.235. The van der Waals surface area contributed by atoms with Gasteiger partial charge in [-0.3, -0.25) is 0 Å². The monoisotopic (exact) mass is 284 g/mol. The van der Waals surface area contributed by atoms with Crippen LogP contribution in [-0.2, 0) is 0 Å². The third kappa shape index (κ3) is 3.03. The number of para-hydroxylation sites is 1. The Balaban J connectivity index is 1.77. The molecule has 0 spiro atoms. The molecule has 0 bridgehead atoms. The van der Waals surface area contributed by atoms with E-state index in [-0.39, 0.29) is 18.8 Å². The lowest BCUT2D eigenvalue weighted by atomic mass is 10.1. The summed E-state index contributed by atoms with van der Waals surface area (Å²) >= 11 is 0. The molecule has 1 aliphatic rings. The Morgan fingerprint density at radius 2 is 1.95 bits per heavy atom. The minimum absolute atomic E-state index is 0.0771. The summed E-state index contributed by atoms with van der Waals surface area (Å²) in [4.78, 5) is 5.75. The SMILES string of the molecule is Fc1ccccc1N1CCC(F)(C#Cc2ccccn2)C1. The quantitative estimate of drug-likeness (QED) is 0.748. The third-order valence-corrected chi connectivity index (χ3v) is 3.49. The number of nitrogens with zero attached hydrogens (tertiary/aromatic N) is 2. The minimum Gasteiger partial charge on any atom is -0.365 e. The number of anilines is 1. The molecular weight excluding hydrogens is 270 g/mol. The summed E-state index contributed by atoms with van der Waals surface area (Å²) in [5.74, 6) is 5.07. The van der Waals surface area contributed by atoms with Crippen molar-refractivity contribution in [2.75, 3.05) is 18.0 Å². The normalized spacial score (nSPS) is 21.0. The summed E-state index contributed by atoms with van der Waals surface area (Å²) in [6.45, 7) is 0.530. The van der Waals surface area contributed by atoms with E-state index >= 15 is 0 Å². The van der Waals surface area contributed by atoms with Crippen LogP contribution < -0.4 is 4.90 Å². The lowest BCUT2D eigenvalue weighted by Gasteiger charge is -2.19. The van der Waals surface area contributed by atoms with Crippen molar-refractivity contribution in [3.05, 3.63) is 60.2 Å². The molecule has 1 aliphatic heterocycles. The molecule has 0 aliphatic carbocycles. The number of halogens is 2. The lowest BCUT2D eigenvalue weighted by molar-refractivity contribution is 0.274. The largest absolute Gasteiger partial charge is 0.365 e. The Hall–Kier alpha value is -2.41. The third-order valence-electron chi connectivity index (χ3n) is 3.49. The molecule has 1 fully saturated rings. The van der Waals surface area contributed by atoms with E-state index in [9.17, 15) is 8.78 Å². The maximum Gasteiger partial charge on any atom is 0.190 e. The molecule has 4 heteroatoms. The van der Waals surface area contributed by atoms with E-state index in [1.54, 1.807) is 41.4 Å². The zero-order valence-corrected chi connectivity index (χ0v) is 11.4. The molecule has 1 aromatic carbocycles. The van der Waals surface area contributed by atoms with Crippen LogP contribution in [0.4, 0.5) is 14.5 Å². The van der Waals surface area contributed by atoms with E-state index in [0.29, 0.717) is 17.9 Å². The molecule has 0 saturated carbocycles. The van der Waals surface area contributed by atoms with Gasteiger partial charge in [-0.15, -0.1) is 0 Å². The van der Waals surface area contributed by atoms with Crippen LogP contribution in [-0.4, -0.2) is 23.7 Å². The van der Waals surface area contributed by atoms with Crippen LogP contribution in [0.5, 0.6) is 0 Å². The van der Waals surface area contributed by atoms with Crippen molar-refractivity contribution in [2.45, 2.75) is 12.1 Å². The van der Waals surface area contributed by atoms with Crippen LogP contribution in [0.3, 0.4) is 0 Å². The van der Waals surface area contributed by atoms with E-state index < -0.39 is 5.67 Å². The first-order chi connectivity index (χ1) is 10.2. The Morgan fingerprint density at radius 3 is 2.71 bits per heavy atom. The summed E-state index contributed by atoms with van der Waals surface area (Å²) in [6.07, 6.45) is 1.89. The standard InChI is InChI=1S/C17H14F2N2/c18-15-6-1-2-7-16(15)21-12-10-17(19,13-21)9-8-14-5-3-4-11-20-14/h1-7,11H,10,12-13H2. The van der Waals surface area contributed by atoms with Gasteiger partial charge in [-0.2, -0.15) is 0 Å². The van der Waals surface area contributed by atoms with E-state index in [2.05, 4.69) is 16.8 Å². The fourth-order valence-electron chi connectivity index (χ4n) is 2.40. The van der Waals surface area contributed by atoms with Gasteiger partial charge in [0, 0.05) is 19.2 Å². The molecule has 3 rings (SSSR count). The van der Waals surface area contributed by atoms with Gasteiger partial charge in [0.25, 0.3) is 0 Å². The summed E-state index contributed by atoms with van der Waals surface area (Å²) < 4.78 is 28.4. The van der Waals surface area contributed by atoms with E-state index in [1.165, 1.54) is 6.07 Å². The van der Waals surface area contributed by atoms with Crippen LogP contribution in [0.15, 0.2) is 48.7 Å². The zero-order valence-electron chi connectivity index (χ0n) is 11.4.